The molecule has 0 fully saturated rings. The van der Waals surface area contributed by atoms with Crippen LogP contribution in [0.2, 0.25) is 0 Å². The molecule has 0 radical (unpaired) electrons. The molecule has 0 saturated heterocycles. The van der Waals surface area contributed by atoms with Gasteiger partial charge in [0, 0.05) is 5.71 Å². The van der Waals surface area contributed by atoms with E-state index in [9.17, 15) is 27.9 Å². The van der Waals surface area contributed by atoms with Gasteiger partial charge in [0.15, 0.2) is 6.61 Å². The fourth-order valence-corrected chi connectivity index (χ4v) is 2.26. The predicted octanol–water partition coefficient (Wildman–Crippen LogP) is 2.34. The molecule has 2 rings (SSSR count). The van der Waals surface area contributed by atoms with E-state index in [-0.39, 0.29) is 11.5 Å². The number of amides is 2. The zero-order valence-corrected chi connectivity index (χ0v) is 11.9. The average Bonchev–Trinajstić information content (AvgIpc) is 2.43. The SMILES string of the molecule is CC1=NC(=O)NC(c2cccc(O)c2)C1C(=O)OCC(F)(F)F. The number of alkyl halides is 3. The van der Waals surface area contributed by atoms with Gasteiger partial charge < -0.3 is 15.2 Å². The van der Waals surface area contributed by atoms with E-state index in [2.05, 4.69) is 15.0 Å². The highest BCUT2D eigenvalue weighted by atomic mass is 19.4. The minimum atomic E-state index is -4.65. The third kappa shape index (κ3) is 4.21. The lowest BCUT2D eigenvalue weighted by atomic mass is 9.88. The molecule has 1 aromatic carbocycles. The van der Waals surface area contributed by atoms with E-state index in [1.54, 1.807) is 0 Å². The largest absolute Gasteiger partial charge is 0.508 e. The van der Waals surface area contributed by atoms with Crippen molar-refractivity contribution in [1.82, 2.24) is 5.32 Å². The van der Waals surface area contributed by atoms with Gasteiger partial charge in [-0.3, -0.25) is 4.79 Å². The van der Waals surface area contributed by atoms with Crippen LogP contribution in [-0.2, 0) is 9.53 Å². The van der Waals surface area contributed by atoms with Crippen molar-refractivity contribution < 1.29 is 32.6 Å². The highest BCUT2D eigenvalue weighted by Crippen LogP contribution is 2.30. The first-order valence-corrected chi connectivity index (χ1v) is 6.55. The fraction of sp³-hybridized carbons (Fsp3) is 0.357. The van der Waals surface area contributed by atoms with Crippen molar-refractivity contribution in [2.24, 2.45) is 10.9 Å². The Morgan fingerprint density at radius 2 is 2.13 bits per heavy atom. The topological polar surface area (TPSA) is 88.0 Å². The Balaban J connectivity index is 2.29. The van der Waals surface area contributed by atoms with Crippen LogP contribution >= 0.6 is 0 Å². The maximum Gasteiger partial charge on any atom is 0.422 e. The average molecular weight is 330 g/mol. The molecule has 6 nitrogen and oxygen atoms in total. The van der Waals surface area contributed by atoms with Crippen molar-refractivity contribution in [2.45, 2.75) is 19.1 Å². The standard InChI is InChI=1S/C14H13F3N2O4/c1-7-10(12(21)23-6-14(15,16)17)11(19-13(22)18-7)8-3-2-4-9(20)5-8/h2-5,10-11,20H,6H2,1H3,(H,19,22). The highest BCUT2D eigenvalue weighted by molar-refractivity contribution is 6.08. The molecule has 0 aliphatic carbocycles. The molecular formula is C14H13F3N2O4. The maximum absolute atomic E-state index is 12.2. The Morgan fingerprint density at radius 3 is 2.74 bits per heavy atom. The number of carbonyl (C=O) groups is 2. The van der Waals surface area contributed by atoms with Gasteiger partial charge in [0.25, 0.3) is 0 Å². The summed E-state index contributed by atoms with van der Waals surface area (Å²) >= 11 is 0. The van der Waals surface area contributed by atoms with Gasteiger partial charge in [-0.1, -0.05) is 12.1 Å². The number of aliphatic imine (C=N–C) groups is 1. The first-order valence-electron chi connectivity index (χ1n) is 6.55. The number of phenolic OH excluding ortho intramolecular Hbond substituents is 1. The van der Waals surface area contributed by atoms with Crippen LogP contribution in [-0.4, -0.2) is 35.6 Å². The second-order valence-electron chi connectivity index (χ2n) is 4.98. The number of esters is 1. The minimum absolute atomic E-state index is 0.0364. The number of halogens is 3. The summed E-state index contributed by atoms with van der Waals surface area (Å²) in [6, 6.07) is 3.98. The van der Waals surface area contributed by atoms with Crippen molar-refractivity contribution in [2.75, 3.05) is 6.61 Å². The number of nitrogens with zero attached hydrogens (tertiary/aromatic N) is 1. The number of benzene rings is 1. The van der Waals surface area contributed by atoms with Crippen LogP contribution in [0.25, 0.3) is 0 Å². The molecular weight excluding hydrogens is 317 g/mol. The molecule has 2 N–H and O–H groups in total. The Labute approximate surface area is 129 Å². The number of carbonyl (C=O) groups excluding carboxylic acids is 2. The first-order chi connectivity index (χ1) is 10.7. The summed E-state index contributed by atoms with van der Waals surface area (Å²) in [5.74, 6) is -2.48. The van der Waals surface area contributed by atoms with Crippen LogP contribution in [0.4, 0.5) is 18.0 Å². The van der Waals surface area contributed by atoms with Crippen molar-refractivity contribution in [3.05, 3.63) is 29.8 Å². The molecule has 2 unspecified atom stereocenters. The number of hydrogen-bond donors (Lipinski definition) is 2. The van der Waals surface area contributed by atoms with Gasteiger partial charge >= 0.3 is 18.2 Å². The normalized spacial score (nSPS) is 21.4. The minimum Gasteiger partial charge on any atom is -0.508 e. The van der Waals surface area contributed by atoms with Crippen molar-refractivity contribution in [3.8, 4) is 5.75 Å². The van der Waals surface area contributed by atoms with E-state index in [4.69, 9.17) is 0 Å². The van der Waals surface area contributed by atoms with Gasteiger partial charge in [-0.15, -0.1) is 0 Å². The maximum atomic E-state index is 12.2. The Bertz CT molecular complexity index is 658. The van der Waals surface area contributed by atoms with Crippen LogP contribution in [0, 0.1) is 5.92 Å². The monoisotopic (exact) mass is 330 g/mol. The number of rotatable bonds is 3. The van der Waals surface area contributed by atoms with Crippen LogP contribution in [0.15, 0.2) is 29.3 Å². The molecule has 23 heavy (non-hydrogen) atoms. The lowest BCUT2D eigenvalue weighted by Gasteiger charge is -2.29. The Hall–Kier alpha value is -2.58. The summed E-state index contributed by atoms with van der Waals surface area (Å²) in [6.45, 7) is -0.371. The third-order valence-corrected chi connectivity index (χ3v) is 3.20. The van der Waals surface area contributed by atoms with Crippen LogP contribution in [0.1, 0.15) is 18.5 Å². The number of hydrogen-bond acceptors (Lipinski definition) is 4. The summed E-state index contributed by atoms with van der Waals surface area (Å²) in [5.41, 5.74) is 0.385. The van der Waals surface area contributed by atoms with E-state index >= 15 is 0 Å². The van der Waals surface area contributed by atoms with Crippen molar-refractivity contribution in [1.29, 1.82) is 0 Å². The summed E-state index contributed by atoms with van der Waals surface area (Å²) in [6.07, 6.45) is -4.65. The third-order valence-electron chi connectivity index (χ3n) is 3.20. The number of aromatic hydroxyl groups is 1. The first kappa shape index (κ1) is 16.8. The van der Waals surface area contributed by atoms with E-state index in [0.29, 0.717) is 5.56 Å². The fourth-order valence-electron chi connectivity index (χ4n) is 2.26. The molecule has 1 aromatic rings. The lowest BCUT2D eigenvalue weighted by molar-refractivity contribution is -0.188. The van der Waals surface area contributed by atoms with Gasteiger partial charge in [0.1, 0.15) is 11.7 Å². The predicted molar refractivity (Wildman–Crippen MR) is 73.0 cm³/mol. The molecule has 0 aromatic heterocycles. The Morgan fingerprint density at radius 1 is 1.43 bits per heavy atom. The number of urea groups is 1. The summed E-state index contributed by atoms with van der Waals surface area (Å²) in [4.78, 5) is 27.1. The zero-order chi connectivity index (χ0) is 17.2. The second kappa shape index (κ2) is 6.27. The molecule has 9 heteroatoms. The van der Waals surface area contributed by atoms with Gasteiger partial charge in [-0.25, -0.2) is 9.79 Å². The lowest BCUT2D eigenvalue weighted by Crippen LogP contribution is -2.44. The van der Waals surface area contributed by atoms with Crippen molar-refractivity contribution in [3.63, 3.8) is 0 Å². The van der Waals surface area contributed by atoms with Gasteiger partial charge in [0.2, 0.25) is 0 Å². The smallest absolute Gasteiger partial charge is 0.422 e. The molecule has 2 atom stereocenters. The van der Waals surface area contributed by atoms with Gasteiger partial charge in [-0.05, 0) is 24.6 Å². The van der Waals surface area contributed by atoms with Gasteiger partial charge in [-0.2, -0.15) is 13.2 Å². The van der Waals surface area contributed by atoms with E-state index in [1.165, 1.54) is 31.2 Å². The molecule has 1 aliphatic rings. The Kier molecular flexibility index (Phi) is 4.57. The molecule has 1 aliphatic heterocycles. The summed E-state index contributed by atoms with van der Waals surface area (Å²) in [7, 11) is 0. The molecule has 0 bridgehead atoms. The van der Waals surface area contributed by atoms with Crippen LogP contribution < -0.4 is 5.32 Å². The summed E-state index contributed by atoms with van der Waals surface area (Å²) in [5, 5.41) is 11.9. The second-order valence-corrected chi connectivity index (χ2v) is 4.98. The van der Waals surface area contributed by atoms with E-state index < -0.39 is 36.7 Å². The number of nitrogens with one attached hydrogen (secondary N) is 1. The van der Waals surface area contributed by atoms with E-state index in [1.807, 2.05) is 0 Å². The molecule has 1 heterocycles. The molecule has 0 spiro atoms. The number of phenols is 1. The summed E-state index contributed by atoms with van der Waals surface area (Å²) < 4.78 is 40.9. The highest BCUT2D eigenvalue weighted by Gasteiger charge is 2.40. The van der Waals surface area contributed by atoms with Crippen LogP contribution in [0.3, 0.4) is 0 Å². The van der Waals surface area contributed by atoms with Crippen LogP contribution in [0.5, 0.6) is 5.75 Å². The zero-order valence-electron chi connectivity index (χ0n) is 11.9. The molecule has 124 valence electrons. The number of ether oxygens (including phenoxy) is 1. The van der Waals surface area contributed by atoms with E-state index in [0.717, 1.165) is 0 Å². The van der Waals surface area contributed by atoms with Gasteiger partial charge in [0.05, 0.1) is 6.04 Å². The molecule has 2 amide bonds. The van der Waals surface area contributed by atoms with Crippen molar-refractivity contribution >= 4 is 17.7 Å². The molecule has 0 saturated carbocycles. The quantitative estimate of drug-likeness (QED) is 0.833.